The Bertz CT molecular complexity index is 1150. The third-order valence-corrected chi connectivity index (χ3v) is 9.36. The number of nitrogens with one attached hydrogen (secondary N) is 2. The molecule has 1 saturated carbocycles. The summed E-state index contributed by atoms with van der Waals surface area (Å²) in [6.45, 7) is 8.76. The lowest BCUT2D eigenvalue weighted by molar-refractivity contribution is -0.132. The smallest absolute Gasteiger partial charge is 0.252 e. The number of aliphatic hydroxyl groups is 1. The SMILES string of the molecule is Cc1c(O)cccc1C(=O)N[C@@H](CSc1ccccc1)C(O)CN1CC2CCCCC2CC1C(=O)NC(C)(C)C. The zero-order chi connectivity index (χ0) is 28.9. The van der Waals surface area contributed by atoms with Gasteiger partial charge in [-0.3, -0.25) is 14.5 Å². The number of hydrogen-bond acceptors (Lipinski definition) is 6. The summed E-state index contributed by atoms with van der Waals surface area (Å²) >= 11 is 1.57. The Kier molecular flexibility index (Phi) is 10.2. The summed E-state index contributed by atoms with van der Waals surface area (Å²) in [6.07, 6.45) is 4.67. The molecule has 2 fully saturated rings. The van der Waals surface area contributed by atoms with Gasteiger partial charge in [-0.1, -0.05) is 43.5 Å². The minimum absolute atomic E-state index is 0.0124. The van der Waals surface area contributed by atoms with Crippen LogP contribution in [0.1, 0.15) is 68.8 Å². The minimum Gasteiger partial charge on any atom is -0.508 e. The lowest BCUT2D eigenvalue weighted by atomic mass is 9.72. The van der Waals surface area contributed by atoms with Crippen LogP contribution in [-0.2, 0) is 4.79 Å². The highest BCUT2D eigenvalue weighted by Gasteiger charge is 2.41. The molecular formula is C32H45N3O4S. The molecule has 4 rings (SSSR count). The van der Waals surface area contributed by atoms with E-state index in [-0.39, 0.29) is 29.1 Å². The Labute approximate surface area is 243 Å². The van der Waals surface area contributed by atoms with Crippen LogP contribution in [0.5, 0.6) is 5.75 Å². The molecule has 2 aliphatic rings. The maximum Gasteiger partial charge on any atom is 0.252 e. The van der Waals surface area contributed by atoms with E-state index in [1.54, 1.807) is 36.9 Å². The van der Waals surface area contributed by atoms with Crippen LogP contribution < -0.4 is 10.6 Å². The van der Waals surface area contributed by atoms with Crippen LogP contribution >= 0.6 is 11.8 Å². The topological polar surface area (TPSA) is 102 Å². The van der Waals surface area contributed by atoms with Crippen LogP contribution in [0.3, 0.4) is 0 Å². The van der Waals surface area contributed by atoms with Gasteiger partial charge in [0.15, 0.2) is 0 Å². The molecule has 5 atom stereocenters. The highest BCUT2D eigenvalue weighted by Crippen LogP contribution is 2.39. The Hall–Kier alpha value is -2.55. The number of piperidine rings is 1. The number of β-amino-alcohol motifs (C(OH)–C–C–N with tert-alkyl or cyclic N) is 1. The van der Waals surface area contributed by atoms with Gasteiger partial charge < -0.3 is 20.8 Å². The standard InChI is InChI=1S/C32H45N3O4S/c1-21-25(15-10-16-28(21)36)30(38)33-26(20-40-24-13-6-5-7-14-24)29(37)19-35-18-23-12-9-8-11-22(23)17-27(35)31(39)34-32(2,3)4/h5-7,10,13-16,22-23,26-27,29,36-37H,8-9,11-12,17-20H2,1-4H3,(H,33,38)(H,34,39)/t22?,23?,26-,27?,29?/m0/s1. The van der Waals surface area contributed by atoms with Crippen LogP contribution in [0.25, 0.3) is 0 Å². The molecule has 4 N–H and O–H groups in total. The summed E-state index contributed by atoms with van der Waals surface area (Å²) in [4.78, 5) is 30.0. The molecule has 1 aliphatic carbocycles. The number of likely N-dealkylation sites (tertiary alicyclic amines) is 1. The van der Waals surface area contributed by atoms with Crippen molar-refractivity contribution in [3.63, 3.8) is 0 Å². The third-order valence-electron chi connectivity index (χ3n) is 8.23. The van der Waals surface area contributed by atoms with Crippen molar-refractivity contribution >= 4 is 23.6 Å². The number of hydrogen-bond donors (Lipinski definition) is 4. The normalized spacial score (nSPS) is 23.1. The van der Waals surface area contributed by atoms with Crippen molar-refractivity contribution < 1.29 is 19.8 Å². The quantitative estimate of drug-likeness (QED) is 0.327. The fourth-order valence-electron chi connectivity index (χ4n) is 6.06. The molecular weight excluding hydrogens is 522 g/mol. The molecule has 2 aromatic carbocycles. The molecule has 2 amide bonds. The van der Waals surface area contributed by atoms with E-state index in [4.69, 9.17) is 0 Å². The zero-order valence-corrected chi connectivity index (χ0v) is 25.0. The number of rotatable bonds is 9. The second-order valence-electron chi connectivity index (χ2n) is 12.5. The van der Waals surface area contributed by atoms with Gasteiger partial charge in [0, 0.05) is 40.4 Å². The van der Waals surface area contributed by atoms with Crippen molar-refractivity contribution in [3.05, 3.63) is 59.7 Å². The summed E-state index contributed by atoms with van der Waals surface area (Å²) in [6, 6.07) is 13.9. The first kappa shape index (κ1) is 30.4. The van der Waals surface area contributed by atoms with Gasteiger partial charge in [0.2, 0.25) is 5.91 Å². The summed E-state index contributed by atoms with van der Waals surface area (Å²) in [5, 5.41) is 28.0. The molecule has 40 heavy (non-hydrogen) atoms. The fourth-order valence-corrected chi connectivity index (χ4v) is 7.09. The van der Waals surface area contributed by atoms with E-state index in [9.17, 15) is 19.8 Å². The Balaban J connectivity index is 1.54. The predicted molar refractivity (Wildman–Crippen MR) is 161 cm³/mol. The lowest BCUT2D eigenvalue weighted by Gasteiger charge is -2.47. The van der Waals surface area contributed by atoms with E-state index < -0.39 is 12.1 Å². The number of nitrogens with zero attached hydrogens (tertiary/aromatic N) is 1. The highest BCUT2D eigenvalue weighted by molar-refractivity contribution is 7.99. The summed E-state index contributed by atoms with van der Waals surface area (Å²) in [5.41, 5.74) is 0.543. The van der Waals surface area contributed by atoms with E-state index in [0.717, 1.165) is 30.7 Å². The van der Waals surface area contributed by atoms with Gasteiger partial charge in [-0.2, -0.15) is 0 Å². The maximum absolute atomic E-state index is 13.5. The van der Waals surface area contributed by atoms with Crippen molar-refractivity contribution in [2.75, 3.05) is 18.8 Å². The van der Waals surface area contributed by atoms with E-state index >= 15 is 0 Å². The summed E-state index contributed by atoms with van der Waals surface area (Å²) in [7, 11) is 0. The number of phenolic OH excluding ortho intramolecular Hbond substituents is 1. The van der Waals surface area contributed by atoms with Crippen molar-refractivity contribution in [1.82, 2.24) is 15.5 Å². The monoisotopic (exact) mass is 567 g/mol. The molecule has 1 heterocycles. The Morgan fingerprint density at radius 1 is 1.05 bits per heavy atom. The number of aliphatic hydroxyl groups excluding tert-OH is 1. The van der Waals surface area contributed by atoms with Gasteiger partial charge in [-0.15, -0.1) is 11.8 Å². The Morgan fingerprint density at radius 3 is 2.45 bits per heavy atom. The Morgan fingerprint density at radius 2 is 1.75 bits per heavy atom. The molecule has 0 aromatic heterocycles. The van der Waals surface area contributed by atoms with Crippen LogP contribution in [-0.4, -0.2) is 69.5 Å². The van der Waals surface area contributed by atoms with Crippen LogP contribution in [0.15, 0.2) is 53.4 Å². The highest BCUT2D eigenvalue weighted by atomic mass is 32.2. The molecule has 218 valence electrons. The molecule has 7 nitrogen and oxygen atoms in total. The van der Waals surface area contributed by atoms with Gasteiger partial charge in [0.05, 0.1) is 18.2 Å². The van der Waals surface area contributed by atoms with Gasteiger partial charge >= 0.3 is 0 Å². The van der Waals surface area contributed by atoms with E-state index in [0.29, 0.717) is 35.3 Å². The third kappa shape index (κ3) is 8.02. The largest absolute Gasteiger partial charge is 0.508 e. The second-order valence-corrected chi connectivity index (χ2v) is 13.6. The molecule has 8 heteroatoms. The number of aromatic hydroxyl groups is 1. The van der Waals surface area contributed by atoms with Crippen molar-refractivity contribution in [1.29, 1.82) is 0 Å². The molecule has 0 spiro atoms. The molecule has 1 saturated heterocycles. The number of benzene rings is 2. The average molecular weight is 568 g/mol. The van der Waals surface area contributed by atoms with Crippen LogP contribution in [0.4, 0.5) is 0 Å². The zero-order valence-electron chi connectivity index (χ0n) is 24.2. The number of amides is 2. The number of carbonyl (C=O) groups is 2. The molecule has 0 radical (unpaired) electrons. The van der Waals surface area contributed by atoms with Crippen LogP contribution in [0, 0.1) is 18.8 Å². The fraction of sp³-hybridized carbons (Fsp3) is 0.562. The van der Waals surface area contributed by atoms with E-state index in [2.05, 4.69) is 15.5 Å². The predicted octanol–water partition coefficient (Wildman–Crippen LogP) is 4.75. The minimum atomic E-state index is -0.886. The molecule has 1 aliphatic heterocycles. The van der Waals surface area contributed by atoms with Crippen molar-refractivity contribution in [3.8, 4) is 5.75 Å². The average Bonchev–Trinajstić information content (AvgIpc) is 2.91. The van der Waals surface area contributed by atoms with Crippen molar-refractivity contribution in [2.45, 2.75) is 88.4 Å². The second kappa shape index (κ2) is 13.4. The number of phenols is 1. The first-order valence-electron chi connectivity index (χ1n) is 14.5. The van der Waals surface area contributed by atoms with Crippen molar-refractivity contribution in [2.24, 2.45) is 11.8 Å². The summed E-state index contributed by atoms with van der Waals surface area (Å²) < 4.78 is 0. The number of carbonyl (C=O) groups excluding carboxylic acids is 2. The van der Waals surface area contributed by atoms with Gasteiger partial charge in [0.25, 0.3) is 5.91 Å². The lowest BCUT2D eigenvalue weighted by Crippen LogP contribution is -2.60. The first-order valence-corrected chi connectivity index (χ1v) is 15.5. The maximum atomic E-state index is 13.5. The van der Waals surface area contributed by atoms with Crippen LogP contribution in [0.2, 0.25) is 0 Å². The van der Waals surface area contributed by atoms with Gasteiger partial charge in [0.1, 0.15) is 5.75 Å². The summed E-state index contributed by atoms with van der Waals surface area (Å²) in [5.74, 6) is 1.27. The van der Waals surface area contributed by atoms with E-state index in [1.165, 1.54) is 12.8 Å². The first-order chi connectivity index (χ1) is 19.0. The van der Waals surface area contributed by atoms with E-state index in [1.807, 2.05) is 51.1 Å². The number of thioether (sulfide) groups is 1. The van der Waals surface area contributed by atoms with Gasteiger partial charge in [-0.05, 0) is 76.6 Å². The van der Waals surface area contributed by atoms with Gasteiger partial charge in [-0.25, -0.2) is 0 Å². The number of fused-ring (bicyclic) bond motifs is 1. The molecule has 0 bridgehead atoms. The molecule has 2 aromatic rings. The molecule has 4 unspecified atom stereocenters.